The van der Waals surface area contributed by atoms with Crippen LogP contribution in [0.1, 0.15) is 16.7 Å². The van der Waals surface area contributed by atoms with Crippen molar-refractivity contribution in [3.8, 4) is 0 Å². The Bertz CT molecular complexity index is 815. The molecule has 0 spiro atoms. The van der Waals surface area contributed by atoms with E-state index in [-0.39, 0.29) is 0 Å². The van der Waals surface area contributed by atoms with E-state index in [1.54, 1.807) is 6.33 Å². The average Bonchev–Trinajstić information content (AvgIpc) is 2.63. The van der Waals surface area contributed by atoms with Gasteiger partial charge in [-0.3, -0.25) is 0 Å². The SMILES string of the molecule is Cc1ccc(CNc2ncnc(N(C)Cc3ccccc3)c2N)cc1. The fourth-order valence-corrected chi connectivity index (χ4v) is 2.66. The lowest BCUT2D eigenvalue weighted by Gasteiger charge is -2.21. The first-order valence-electron chi connectivity index (χ1n) is 8.28. The van der Waals surface area contributed by atoms with Gasteiger partial charge >= 0.3 is 0 Å². The fraction of sp³-hybridized carbons (Fsp3) is 0.200. The van der Waals surface area contributed by atoms with Gasteiger partial charge in [-0.2, -0.15) is 0 Å². The summed E-state index contributed by atoms with van der Waals surface area (Å²) in [5.74, 6) is 1.38. The summed E-state index contributed by atoms with van der Waals surface area (Å²) in [6.07, 6.45) is 1.55. The molecular weight excluding hydrogens is 310 g/mol. The van der Waals surface area contributed by atoms with Crippen LogP contribution in [0.3, 0.4) is 0 Å². The van der Waals surface area contributed by atoms with E-state index in [4.69, 9.17) is 5.73 Å². The predicted molar refractivity (Wildman–Crippen MR) is 103 cm³/mol. The summed E-state index contributed by atoms with van der Waals surface area (Å²) >= 11 is 0. The summed E-state index contributed by atoms with van der Waals surface area (Å²) in [5.41, 5.74) is 10.5. The van der Waals surface area contributed by atoms with Gasteiger partial charge in [0.1, 0.15) is 12.0 Å². The van der Waals surface area contributed by atoms with Crippen molar-refractivity contribution in [2.24, 2.45) is 0 Å². The molecule has 0 aliphatic heterocycles. The lowest BCUT2D eigenvalue weighted by molar-refractivity contribution is 0.893. The number of nitrogens with two attached hydrogens (primary N) is 1. The zero-order chi connectivity index (χ0) is 17.6. The highest BCUT2D eigenvalue weighted by molar-refractivity contribution is 5.74. The maximum Gasteiger partial charge on any atom is 0.157 e. The molecular formula is C20H23N5. The fourth-order valence-electron chi connectivity index (χ4n) is 2.66. The van der Waals surface area contributed by atoms with E-state index in [1.165, 1.54) is 16.7 Å². The first kappa shape index (κ1) is 16.8. The van der Waals surface area contributed by atoms with Gasteiger partial charge in [0.2, 0.25) is 0 Å². The molecule has 0 saturated carbocycles. The molecule has 0 bridgehead atoms. The standard InChI is InChI=1S/C20H23N5/c1-15-8-10-16(11-9-15)12-22-19-18(21)20(24-14-23-19)25(2)13-17-6-4-3-5-7-17/h3-11,14H,12-13,21H2,1-2H3,(H,22,23,24). The van der Waals surface area contributed by atoms with Gasteiger partial charge in [-0.25, -0.2) is 9.97 Å². The monoisotopic (exact) mass is 333 g/mol. The van der Waals surface area contributed by atoms with Crippen LogP contribution in [0.2, 0.25) is 0 Å². The number of nitrogens with zero attached hydrogens (tertiary/aromatic N) is 3. The Morgan fingerprint density at radius 3 is 2.40 bits per heavy atom. The van der Waals surface area contributed by atoms with Gasteiger partial charge in [-0.05, 0) is 18.1 Å². The third-order valence-electron chi connectivity index (χ3n) is 4.07. The Balaban J connectivity index is 1.71. The van der Waals surface area contributed by atoms with Crippen molar-refractivity contribution in [3.63, 3.8) is 0 Å². The van der Waals surface area contributed by atoms with Crippen molar-refractivity contribution in [3.05, 3.63) is 77.6 Å². The van der Waals surface area contributed by atoms with Gasteiger partial charge in [-0.15, -0.1) is 0 Å². The molecule has 0 unspecified atom stereocenters. The molecule has 1 heterocycles. The number of benzene rings is 2. The second-order valence-electron chi connectivity index (χ2n) is 6.14. The number of aromatic nitrogens is 2. The summed E-state index contributed by atoms with van der Waals surface area (Å²) in [4.78, 5) is 10.7. The molecule has 5 nitrogen and oxygen atoms in total. The number of anilines is 3. The van der Waals surface area contributed by atoms with Crippen LogP contribution in [0.15, 0.2) is 60.9 Å². The zero-order valence-corrected chi connectivity index (χ0v) is 14.6. The van der Waals surface area contributed by atoms with Crippen LogP contribution in [-0.2, 0) is 13.1 Å². The Labute approximate surface area is 148 Å². The predicted octanol–water partition coefficient (Wildman–Crippen LogP) is 3.62. The minimum Gasteiger partial charge on any atom is -0.393 e. The van der Waals surface area contributed by atoms with Crippen LogP contribution in [0.5, 0.6) is 0 Å². The Hall–Kier alpha value is -3.08. The first-order chi connectivity index (χ1) is 12.1. The Kier molecular flexibility index (Phi) is 5.14. The summed E-state index contributed by atoms with van der Waals surface area (Å²) in [5, 5.41) is 3.31. The van der Waals surface area contributed by atoms with Crippen molar-refractivity contribution in [1.82, 2.24) is 9.97 Å². The molecule has 0 saturated heterocycles. The van der Waals surface area contributed by atoms with Crippen molar-refractivity contribution in [2.45, 2.75) is 20.0 Å². The second kappa shape index (κ2) is 7.66. The highest BCUT2D eigenvalue weighted by Crippen LogP contribution is 2.26. The van der Waals surface area contributed by atoms with E-state index >= 15 is 0 Å². The molecule has 0 fully saturated rings. The molecule has 128 valence electrons. The summed E-state index contributed by atoms with van der Waals surface area (Å²) in [6, 6.07) is 18.6. The molecule has 3 N–H and O–H groups in total. The van der Waals surface area contributed by atoms with Gasteiger partial charge in [0.05, 0.1) is 0 Å². The van der Waals surface area contributed by atoms with Gasteiger partial charge < -0.3 is 16.0 Å². The van der Waals surface area contributed by atoms with Crippen molar-refractivity contribution in [2.75, 3.05) is 23.0 Å². The number of rotatable bonds is 6. The molecule has 3 aromatic rings. The largest absolute Gasteiger partial charge is 0.393 e. The average molecular weight is 333 g/mol. The van der Waals surface area contributed by atoms with Crippen LogP contribution >= 0.6 is 0 Å². The van der Waals surface area contributed by atoms with Crippen molar-refractivity contribution < 1.29 is 0 Å². The minimum atomic E-state index is 0.563. The molecule has 0 amide bonds. The Morgan fingerprint density at radius 2 is 1.68 bits per heavy atom. The molecule has 0 aliphatic rings. The number of hydrogen-bond acceptors (Lipinski definition) is 5. The molecule has 0 aliphatic carbocycles. The molecule has 1 aromatic heterocycles. The van der Waals surface area contributed by atoms with E-state index in [9.17, 15) is 0 Å². The number of nitrogens with one attached hydrogen (secondary N) is 1. The van der Waals surface area contributed by atoms with Crippen LogP contribution in [-0.4, -0.2) is 17.0 Å². The molecule has 0 radical (unpaired) electrons. The minimum absolute atomic E-state index is 0.563. The highest BCUT2D eigenvalue weighted by atomic mass is 15.2. The lowest BCUT2D eigenvalue weighted by Crippen LogP contribution is -2.20. The third-order valence-corrected chi connectivity index (χ3v) is 4.07. The van der Waals surface area contributed by atoms with E-state index < -0.39 is 0 Å². The van der Waals surface area contributed by atoms with Crippen molar-refractivity contribution in [1.29, 1.82) is 0 Å². The van der Waals surface area contributed by atoms with Crippen LogP contribution < -0.4 is 16.0 Å². The first-order valence-corrected chi connectivity index (χ1v) is 8.28. The maximum atomic E-state index is 6.30. The molecule has 2 aromatic carbocycles. The molecule has 3 rings (SSSR count). The normalized spacial score (nSPS) is 10.5. The number of nitrogen functional groups attached to an aromatic ring is 1. The lowest BCUT2D eigenvalue weighted by atomic mass is 10.1. The smallest absolute Gasteiger partial charge is 0.157 e. The quantitative estimate of drug-likeness (QED) is 0.721. The van der Waals surface area contributed by atoms with E-state index in [1.807, 2.05) is 30.1 Å². The third kappa shape index (κ3) is 4.26. The molecule has 25 heavy (non-hydrogen) atoms. The topological polar surface area (TPSA) is 67.1 Å². The summed E-state index contributed by atoms with van der Waals surface area (Å²) in [7, 11) is 1.98. The van der Waals surface area contributed by atoms with Crippen molar-refractivity contribution >= 4 is 17.3 Å². The van der Waals surface area contributed by atoms with E-state index in [0.717, 1.165) is 12.4 Å². The number of hydrogen-bond donors (Lipinski definition) is 2. The highest BCUT2D eigenvalue weighted by Gasteiger charge is 2.12. The van der Waals surface area contributed by atoms with Gasteiger partial charge in [0.15, 0.2) is 11.6 Å². The van der Waals surface area contributed by atoms with Crippen LogP contribution in [0.4, 0.5) is 17.3 Å². The maximum absolute atomic E-state index is 6.30. The van der Waals surface area contributed by atoms with E-state index in [0.29, 0.717) is 18.1 Å². The van der Waals surface area contributed by atoms with E-state index in [2.05, 4.69) is 58.6 Å². The zero-order valence-electron chi connectivity index (χ0n) is 14.6. The van der Waals surface area contributed by atoms with Gasteiger partial charge in [0.25, 0.3) is 0 Å². The summed E-state index contributed by atoms with van der Waals surface area (Å²) in [6.45, 7) is 3.48. The molecule has 5 heteroatoms. The van der Waals surface area contributed by atoms with Crippen LogP contribution in [0, 0.1) is 6.92 Å². The number of aryl methyl sites for hydroxylation is 1. The Morgan fingerprint density at radius 1 is 0.960 bits per heavy atom. The van der Waals surface area contributed by atoms with Gasteiger partial charge in [-0.1, -0.05) is 60.2 Å². The second-order valence-corrected chi connectivity index (χ2v) is 6.14. The molecule has 0 atom stereocenters. The summed E-state index contributed by atoms with van der Waals surface area (Å²) < 4.78 is 0. The van der Waals surface area contributed by atoms with Crippen LogP contribution in [0.25, 0.3) is 0 Å². The van der Waals surface area contributed by atoms with Gasteiger partial charge in [0, 0.05) is 20.1 Å².